The van der Waals surface area contributed by atoms with Gasteiger partial charge in [-0.1, -0.05) is 6.92 Å². The molecule has 0 aliphatic carbocycles. The molecule has 1 amide bonds. The van der Waals surface area contributed by atoms with Crippen molar-refractivity contribution in [3.8, 4) is 0 Å². The van der Waals surface area contributed by atoms with Crippen LogP contribution in [0, 0.1) is 5.92 Å². The van der Waals surface area contributed by atoms with Gasteiger partial charge in [-0.3, -0.25) is 4.79 Å². The Hall–Kier alpha value is -0.610. The molecule has 0 bridgehead atoms. The first-order valence-corrected chi connectivity index (χ1v) is 5.82. The van der Waals surface area contributed by atoms with Crippen molar-refractivity contribution in [1.29, 1.82) is 0 Å². The molecule has 2 unspecified atom stereocenters. The molecule has 1 fully saturated rings. The van der Waals surface area contributed by atoms with Gasteiger partial charge in [0.15, 0.2) is 0 Å². The van der Waals surface area contributed by atoms with Crippen LogP contribution in [0.25, 0.3) is 0 Å². The van der Waals surface area contributed by atoms with Gasteiger partial charge in [0.2, 0.25) is 5.91 Å². The third kappa shape index (κ3) is 4.18. The zero-order valence-corrected chi connectivity index (χ0v) is 9.83. The van der Waals surface area contributed by atoms with Crippen LogP contribution in [0.1, 0.15) is 26.2 Å². The number of hydrogen-bond acceptors (Lipinski definition) is 3. The van der Waals surface area contributed by atoms with E-state index in [1.165, 1.54) is 0 Å². The second-order valence-electron chi connectivity index (χ2n) is 4.59. The molecule has 0 aromatic rings. The van der Waals surface area contributed by atoms with Gasteiger partial charge in [-0.15, -0.1) is 0 Å². The summed E-state index contributed by atoms with van der Waals surface area (Å²) < 4.78 is 0. The zero-order chi connectivity index (χ0) is 11.3. The van der Waals surface area contributed by atoms with E-state index in [1.54, 1.807) is 0 Å². The number of likely N-dealkylation sites (N-methyl/N-ethyl adjacent to an activating group) is 1. The molecule has 1 saturated heterocycles. The molecular formula is C11H23N3O. The number of likely N-dealkylation sites (tertiary alicyclic amines) is 1. The number of hydrogen-bond donors (Lipinski definition) is 2. The number of rotatable bonds is 5. The largest absolute Gasteiger partial charge is 0.352 e. The molecule has 2 atom stereocenters. The Morgan fingerprint density at radius 1 is 1.67 bits per heavy atom. The van der Waals surface area contributed by atoms with Gasteiger partial charge in [-0.2, -0.15) is 0 Å². The molecule has 0 spiro atoms. The molecule has 0 saturated carbocycles. The van der Waals surface area contributed by atoms with Crippen LogP contribution in [0.2, 0.25) is 0 Å². The maximum Gasteiger partial charge on any atom is 0.223 e. The van der Waals surface area contributed by atoms with Gasteiger partial charge in [-0.05, 0) is 39.4 Å². The SMILES string of the molecule is CC(CCCN)C(=O)NC1CCN(C)C1. The smallest absolute Gasteiger partial charge is 0.223 e. The van der Waals surface area contributed by atoms with Gasteiger partial charge in [0, 0.05) is 18.5 Å². The maximum atomic E-state index is 11.7. The van der Waals surface area contributed by atoms with Crippen molar-refractivity contribution in [2.45, 2.75) is 32.2 Å². The number of nitrogens with two attached hydrogens (primary N) is 1. The van der Waals surface area contributed by atoms with E-state index in [-0.39, 0.29) is 11.8 Å². The highest BCUT2D eigenvalue weighted by molar-refractivity contribution is 5.78. The molecule has 1 rings (SSSR count). The van der Waals surface area contributed by atoms with Crippen molar-refractivity contribution in [3.63, 3.8) is 0 Å². The predicted octanol–water partition coefficient (Wildman–Crippen LogP) is 0.182. The van der Waals surface area contributed by atoms with E-state index in [0.29, 0.717) is 12.6 Å². The quantitative estimate of drug-likeness (QED) is 0.685. The normalized spacial score (nSPS) is 24.1. The maximum absolute atomic E-state index is 11.7. The average Bonchev–Trinajstić information content (AvgIpc) is 2.60. The molecule has 15 heavy (non-hydrogen) atoms. The molecule has 88 valence electrons. The van der Waals surface area contributed by atoms with Crippen molar-refractivity contribution in [2.24, 2.45) is 11.7 Å². The van der Waals surface area contributed by atoms with Gasteiger partial charge in [-0.25, -0.2) is 0 Å². The van der Waals surface area contributed by atoms with Gasteiger partial charge in [0.05, 0.1) is 0 Å². The average molecular weight is 213 g/mol. The van der Waals surface area contributed by atoms with E-state index in [0.717, 1.165) is 32.4 Å². The standard InChI is InChI=1S/C11H23N3O/c1-9(4-3-6-12)11(15)13-10-5-7-14(2)8-10/h9-10H,3-8,12H2,1-2H3,(H,13,15). The summed E-state index contributed by atoms with van der Waals surface area (Å²) in [6.45, 7) is 4.71. The van der Waals surface area contributed by atoms with Crippen molar-refractivity contribution in [2.75, 3.05) is 26.7 Å². The second-order valence-corrected chi connectivity index (χ2v) is 4.59. The van der Waals surface area contributed by atoms with Crippen molar-refractivity contribution < 1.29 is 4.79 Å². The van der Waals surface area contributed by atoms with Gasteiger partial charge in [0.1, 0.15) is 0 Å². The lowest BCUT2D eigenvalue weighted by molar-refractivity contribution is -0.125. The van der Waals surface area contributed by atoms with Gasteiger partial charge >= 0.3 is 0 Å². The van der Waals surface area contributed by atoms with Gasteiger partial charge in [0.25, 0.3) is 0 Å². The van der Waals surface area contributed by atoms with Crippen LogP contribution >= 0.6 is 0 Å². The van der Waals surface area contributed by atoms with Crippen molar-refractivity contribution >= 4 is 5.91 Å². The van der Waals surface area contributed by atoms with E-state index in [9.17, 15) is 4.79 Å². The lowest BCUT2D eigenvalue weighted by atomic mass is 10.0. The fourth-order valence-corrected chi connectivity index (χ4v) is 1.95. The van der Waals surface area contributed by atoms with E-state index < -0.39 is 0 Å². The number of carbonyl (C=O) groups excluding carboxylic acids is 1. The minimum absolute atomic E-state index is 0.0967. The summed E-state index contributed by atoms with van der Waals surface area (Å²) in [6.07, 6.45) is 2.90. The topological polar surface area (TPSA) is 58.4 Å². The molecule has 1 aliphatic rings. The number of nitrogens with zero attached hydrogens (tertiary/aromatic N) is 1. The van der Waals surface area contributed by atoms with Crippen LogP contribution in [0.15, 0.2) is 0 Å². The van der Waals surface area contributed by atoms with Crippen LogP contribution in [0.5, 0.6) is 0 Å². The Balaban J connectivity index is 2.22. The minimum Gasteiger partial charge on any atom is -0.352 e. The summed E-state index contributed by atoms with van der Waals surface area (Å²) in [6, 6.07) is 0.350. The first kappa shape index (κ1) is 12.5. The fourth-order valence-electron chi connectivity index (χ4n) is 1.95. The summed E-state index contributed by atoms with van der Waals surface area (Å²) in [5, 5.41) is 3.10. The zero-order valence-electron chi connectivity index (χ0n) is 9.83. The Bertz CT molecular complexity index is 208. The highest BCUT2D eigenvalue weighted by Crippen LogP contribution is 2.09. The molecule has 0 aromatic heterocycles. The summed E-state index contributed by atoms with van der Waals surface area (Å²) in [4.78, 5) is 14.0. The van der Waals surface area contributed by atoms with Crippen LogP contribution in [-0.2, 0) is 4.79 Å². The summed E-state index contributed by atoms with van der Waals surface area (Å²) in [7, 11) is 2.09. The highest BCUT2D eigenvalue weighted by atomic mass is 16.1. The summed E-state index contributed by atoms with van der Waals surface area (Å²) in [5.74, 6) is 0.281. The molecule has 4 heteroatoms. The lowest BCUT2D eigenvalue weighted by Gasteiger charge is -2.16. The molecular weight excluding hydrogens is 190 g/mol. The molecule has 0 aromatic carbocycles. The van der Waals surface area contributed by atoms with E-state index in [2.05, 4.69) is 17.3 Å². The molecule has 1 aliphatic heterocycles. The monoisotopic (exact) mass is 213 g/mol. The Kier molecular flexibility index (Phi) is 5.05. The van der Waals surface area contributed by atoms with E-state index in [4.69, 9.17) is 5.73 Å². The third-order valence-corrected chi connectivity index (χ3v) is 3.03. The van der Waals surface area contributed by atoms with Crippen LogP contribution < -0.4 is 11.1 Å². The van der Waals surface area contributed by atoms with Crippen LogP contribution in [0.3, 0.4) is 0 Å². The predicted molar refractivity (Wildman–Crippen MR) is 61.5 cm³/mol. The van der Waals surface area contributed by atoms with E-state index in [1.807, 2.05) is 6.92 Å². The Labute approximate surface area is 92.2 Å². The second kappa shape index (κ2) is 6.08. The molecule has 4 nitrogen and oxygen atoms in total. The first-order chi connectivity index (χ1) is 7.13. The summed E-state index contributed by atoms with van der Waals surface area (Å²) in [5.41, 5.74) is 5.42. The Morgan fingerprint density at radius 3 is 2.93 bits per heavy atom. The molecule has 3 N–H and O–H groups in total. The first-order valence-electron chi connectivity index (χ1n) is 5.82. The minimum atomic E-state index is 0.0967. The molecule has 0 radical (unpaired) electrons. The molecule has 1 heterocycles. The summed E-state index contributed by atoms with van der Waals surface area (Å²) >= 11 is 0. The lowest BCUT2D eigenvalue weighted by Crippen LogP contribution is -2.39. The fraction of sp³-hybridized carbons (Fsp3) is 0.909. The Morgan fingerprint density at radius 2 is 2.40 bits per heavy atom. The highest BCUT2D eigenvalue weighted by Gasteiger charge is 2.22. The van der Waals surface area contributed by atoms with Gasteiger partial charge < -0.3 is 16.0 Å². The van der Waals surface area contributed by atoms with Crippen molar-refractivity contribution in [3.05, 3.63) is 0 Å². The number of carbonyl (C=O) groups is 1. The number of nitrogens with one attached hydrogen (secondary N) is 1. The van der Waals surface area contributed by atoms with E-state index >= 15 is 0 Å². The van der Waals surface area contributed by atoms with Crippen molar-refractivity contribution in [1.82, 2.24) is 10.2 Å². The number of amides is 1. The third-order valence-electron chi connectivity index (χ3n) is 3.03. The van der Waals surface area contributed by atoms with Crippen LogP contribution in [-0.4, -0.2) is 43.5 Å². The van der Waals surface area contributed by atoms with Crippen LogP contribution in [0.4, 0.5) is 0 Å².